The van der Waals surface area contributed by atoms with E-state index in [1.54, 1.807) is 6.07 Å². The van der Waals surface area contributed by atoms with Crippen molar-refractivity contribution in [3.8, 4) is 0 Å². The van der Waals surface area contributed by atoms with Crippen molar-refractivity contribution < 1.29 is 71.8 Å². The first-order valence-electron chi connectivity index (χ1n) is 4.09. The van der Waals surface area contributed by atoms with Crippen LogP contribution in [0.1, 0.15) is 0 Å². The predicted molar refractivity (Wildman–Crippen MR) is 53.9 cm³/mol. The van der Waals surface area contributed by atoms with Crippen LogP contribution in [0, 0.1) is 0 Å². The van der Waals surface area contributed by atoms with Gasteiger partial charge in [-0.15, -0.1) is 0 Å². The van der Waals surface area contributed by atoms with Gasteiger partial charge in [-0.05, 0) is 0 Å². The summed E-state index contributed by atoms with van der Waals surface area (Å²) in [7, 11) is -15.1. The van der Waals surface area contributed by atoms with E-state index in [1.807, 2.05) is 0 Å². The Morgan fingerprint density at radius 2 is 1.35 bits per heavy atom. The third kappa shape index (κ3) is 13.3. The Morgan fingerprint density at radius 1 is 1.00 bits per heavy atom. The zero-order chi connectivity index (χ0) is 15.3. The maximum Gasteiger partial charge on any atom is 4.00 e. The number of hydrogen-bond donors (Lipinski definition) is 1. The van der Waals surface area contributed by atoms with E-state index in [2.05, 4.69) is 3.97 Å². The first-order valence-corrected chi connectivity index (χ1v) is 8.46. The van der Waals surface area contributed by atoms with Crippen molar-refractivity contribution >= 4 is 31.1 Å². The molecule has 0 amide bonds. The monoisotopic (exact) mass is 422 g/mol. The van der Waals surface area contributed by atoms with E-state index in [-0.39, 0.29) is 31.5 Å². The van der Waals surface area contributed by atoms with Crippen LogP contribution in [0.4, 0.5) is 0 Å². The van der Waals surface area contributed by atoms with E-state index in [0.717, 1.165) is 12.1 Å². The molecule has 0 aliphatic carbocycles. The molecule has 1 unspecified atom stereocenters. The topological polar surface area (TPSA) is 190 Å². The van der Waals surface area contributed by atoms with Gasteiger partial charge >= 0.3 is 36.6 Å². The van der Waals surface area contributed by atoms with Crippen LogP contribution in [-0.4, -0.2) is 13.0 Å². The first-order chi connectivity index (χ1) is 8.31. The molecule has 1 rings (SSSR count). The van der Waals surface area contributed by atoms with Gasteiger partial charge < -0.3 is 28.7 Å². The minimum Gasteiger partial charge on any atom is -0.822 e. The van der Waals surface area contributed by atoms with Crippen LogP contribution in [0.25, 0.3) is 0 Å². The fourth-order valence-corrected chi connectivity index (χ4v) is 2.65. The van der Waals surface area contributed by atoms with Crippen molar-refractivity contribution in [3.63, 3.8) is 0 Å². The molecule has 0 radical (unpaired) electrons. The average Bonchev–Trinajstić information content (AvgIpc) is 2.12. The Kier molecular flexibility index (Phi) is 9.76. The van der Waals surface area contributed by atoms with Gasteiger partial charge in [0.2, 0.25) is 0 Å². The Bertz CT molecular complexity index is 587. The zero-order valence-corrected chi connectivity index (χ0v) is 14.4. The molecule has 0 aliphatic heterocycles. The summed E-state index contributed by atoms with van der Waals surface area (Å²) in [6.45, 7) is 0. The van der Waals surface area contributed by atoms with Crippen LogP contribution in [0.5, 0.6) is 0 Å². The first kappa shape index (κ1) is 22.6. The molecule has 0 saturated heterocycles. The molecule has 1 aromatic rings. The molecule has 1 aromatic carbocycles. The van der Waals surface area contributed by atoms with Crippen LogP contribution < -0.4 is 24.9 Å². The fourth-order valence-electron chi connectivity index (χ4n) is 0.778. The van der Waals surface area contributed by atoms with Crippen LogP contribution in [0.3, 0.4) is 0 Å². The summed E-state index contributed by atoms with van der Waals surface area (Å²) < 4.78 is 51.8. The summed E-state index contributed by atoms with van der Waals surface area (Å²) in [4.78, 5) is 36.8. The smallest absolute Gasteiger partial charge is 0.822 e. The van der Waals surface area contributed by atoms with E-state index >= 15 is 0 Å². The van der Waals surface area contributed by atoms with Crippen molar-refractivity contribution in [2.45, 2.75) is 0 Å². The molecule has 110 valence electrons. The predicted octanol–water partition coefficient (Wildman–Crippen LogP) is -3.14. The van der Waals surface area contributed by atoms with Crippen LogP contribution in [0.2, 0.25) is 0 Å². The number of rotatable bonds is 3. The van der Waals surface area contributed by atoms with Crippen molar-refractivity contribution in [3.05, 3.63) is 30.3 Å². The maximum atomic E-state index is 11.1. The molecule has 0 aliphatic rings. The van der Waals surface area contributed by atoms with Crippen LogP contribution in [0.15, 0.2) is 30.3 Å². The second-order valence-corrected chi connectivity index (χ2v) is 6.64. The summed E-state index contributed by atoms with van der Waals surface area (Å²) >= 11 is 0. The third-order valence-electron chi connectivity index (χ3n) is 1.26. The SMILES string of the molecule is O=P([O-])(OS(=O)(=O)O)c1ccccc1.O=P([O-])([O-])[O-].[Zr+4]. The van der Waals surface area contributed by atoms with E-state index in [9.17, 15) is 17.9 Å². The molecule has 0 aromatic heterocycles. The number of phosphoric acid groups is 1. The molecule has 10 nitrogen and oxygen atoms in total. The fraction of sp³-hybridized carbons (Fsp3) is 0. The molecule has 0 spiro atoms. The normalized spacial score (nSPS) is 14.2. The molecule has 14 heteroatoms. The van der Waals surface area contributed by atoms with Gasteiger partial charge in [-0.3, -0.25) is 4.55 Å². The quantitative estimate of drug-likeness (QED) is 0.384. The van der Waals surface area contributed by atoms with Gasteiger partial charge in [0.25, 0.3) is 0 Å². The van der Waals surface area contributed by atoms with Crippen molar-refractivity contribution in [1.29, 1.82) is 0 Å². The van der Waals surface area contributed by atoms with E-state index < -0.39 is 25.8 Å². The molecule has 1 atom stereocenters. The third-order valence-corrected chi connectivity index (χ3v) is 3.73. The molecular formula is C6H6O10P2SZr. The second-order valence-electron chi connectivity index (χ2n) is 2.78. The Morgan fingerprint density at radius 3 is 1.65 bits per heavy atom. The zero-order valence-electron chi connectivity index (χ0n) is 9.31. The average molecular weight is 423 g/mol. The standard InChI is InChI=1S/C6H7O6PS.H3O4P.Zr/c7-13(8,12-14(9,10)11)6-4-2-1-3-5-6;1-5(2,3)4;/h1-5H,(H,7,8)(H,9,10,11);(H3,1,2,3,4);/q;;+4/p-4. The van der Waals surface area contributed by atoms with Gasteiger partial charge in [0.15, 0.2) is 7.60 Å². The van der Waals surface area contributed by atoms with Crippen molar-refractivity contribution in [1.82, 2.24) is 0 Å². The van der Waals surface area contributed by atoms with E-state index in [4.69, 9.17) is 23.8 Å². The summed E-state index contributed by atoms with van der Waals surface area (Å²) in [5, 5.41) is -0.322. The molecule has 1 N–H and O–H groups in total. The Balaban J connectivity index is 0. The van der Waals surface area contributed by atoms with E-state index in [0.29, 0.717) is 0 Å². The van der Waals surface area contributed by atoms with E-state index in [1.165, 1.54) is 12.1 Å². The molecular weight excluding hydrogens is 417 g/mol. The van der Waals surface area contributed by atoms with Gasteiger partial charge in [0.1, 0.15) is 0 Å². The molecule has 0 fully saturated rings. The molecule has 20 heavy (non-hydrogen) atoms. The number of hydrogen-bond acceptors (Lipinski definition) is 9. The van der Waals surface area contributed by atoms with Crippen molar-refractivity contribution in [2.75, 3.05) is 0 Å². The maximum absolute atomic E-state index is 11.1. The Labute approximate surface area is 133 Å². The summed E-state index contributed by atoms with van der Waals surface area (Å²) in [6.07, 6.45) is 0. The van der Waals surface area contributed by atoms with Crippen LogP contribution >= 0.6 is 15.4 Å². The molecule has 0 bridgehead atoms. The number of benzene rings is 1. The van der Waals surface area contributed by atoms with Gasteiger partial charge in [0.05, 0.1) is 0 Å². The summed E-state index contributed by atoms with van der Waals surface area (Å²) in [5.41, 5.74) is 0. The summed E-state index contributed by atoms with van der Waals surface area (Å²) in [5.74, 6) is 0. The minimum atomic E-state index is -5.39. The minimum absolute atomic E-state index is 0. The van der Waals surface area contributed by atoms with Gasteiger partial charge in [-0.1, -0.05) is 30.3 Å². The van der Waals surface area contributed by atoms with Gasteiger partial charge in [0, 0.05) is 5.30 Å². The largest absolute Gasteiger partial charge is 4.00 e. The van der Waals surface area contributed by atoms with Crippen molar-refractivity contribution in [2.24, 2.45) is 0 Å². The molecule has 0 heterocycles. The van der Waals surface area contributed by atoms with Gasteiger partial charge in [-0.2, -0.15) is 20.2 Å². The second kappa shape index (κ2) is 8.65. The van der Waals surface area contributed by atoms with Gasteiger partial charge in [-0.25, -0.2) is 0 Å². The van der Waals surface area contributed by atoms with Crippen LogP contribution in [-0.2, 0) is 49.7 Å². The summed E-state index contributed by atoms with van der Waals surface area (Å²) in [6, 6.07) is 6.65. The Hall–Kier alpha value is 0.273. The molecule has 0 saturated carbocycles.